The molecule has 1 fully saturated rings. The van der Waals surface area contributed by atoms with Gasteiger partial charge >= 0.3 is 0 Å². The number of aliphatic hydroxyl groups excluding tert-OH is 1. The fraction of sp³-hybridized carbons (Fsp3) is 0.583. The zero-order chi connectivity index (χ0) is 13.1. The molecule has 6 heteroatoms. The maximum atomic E-state index is 13.7. The van der Waals surface area contributed by atoms with E-state index in [4.69, 9.17) is 5.11 Å². The summed E-state index contributed by atoms with van der Waals surface area (Å²) in [6.45, 7) is 1.42. The van der Waals surface area contributed by atoms with Gasteiger partial charge in [-0.05, 0) is 18.8 Å². The van der Waals surface area contributed by atoms with Gasteiger partial charge in [-0.3, -0.25) is 0 Å². The lowest BCUT2D eigenvalue weighted by Gasteiger charge is -2.32. The van der Waals surface area contributed by atoms with Gasteiger partial charge in [0.2, 0.25) is 0 Å². The van der Waals surface area contributed by atoms with Crippen molar-refractivity contribution in [1.82, 2.24) is 4.98 Å². The Hall–Kier alpha value is -1.43. The molecule has 0 aromatic carbocycles. The highest BCUT2D eigenvalue weighted by atomic mass is 19.1. The summed E-state index contributed by atoms with van der Waals surface area (Å²) in [6.07, 6.45) is 1.59. The van der Waals surface area contributed by atoms with E-state index in [0.29, 0.717) is 13.1 Å². The molecular formula is C12H17F2N3O. The van der Waals surface area contributed by atoms with E-state index in [9.17, 15) is 8.78 Å². The Kier molecular flexibility index (Phi) is 3.96. The quantitative estimate of drug-likeness (QED) is 0.863. The van der Waals surface area contributed by atoms with Crippen molar-refractivity contribution in [2.45, 2.75) is 12.8 Å². The van der Waals surface area contributed by atoms with E-state index in [1.165, 1.54) is 0 Å². The van der Waals surface area contributed by atoms with E-state index in [1.807, 2.05) is 0 Å². The molecule has 0 bridgehead atoms. The van der Waals surface area contributed by atoms with E-state index >= 15 is 0 Å². The van der Waals surface area contributed by atoms with E-state index in [0.717, 1.165) is 18.9 Å². The van der Waals surface area contributed by atoms with Crippen LogP contribution in [0.3, 0.4) is 0 Å². The molecule has 18 heavy (non-hydrogen) atoms. The van der Waals surface area contributed by atoms with Crippen molar-refractivity contribution < 1.29 is 13.9 Å². The van der Waals surface area contributed by atoms with Crippen LogP contribution < -0.4 is 10.2 Å². The normalized spacial score (nSPS) is 17.0. The third kappa shape index (κ3) is 2.53. The van der Waals surface area contributed by atoms with Crippen LogP contribution in [0.15, 0.2) is 6.07 Å². The number of pyridine rings is 1. The summed E-state index contributed by atoms with van der Waals surface area (Å²) in [5.41, 5.74) is 0. The second-order valence-corrected chi connectivity index (χ2v) is 4.49. The molecule has 0 radical (unpaired) electrons. The number of nitrogens with zero attached hydrogens (tertiary/aromatic N) is 2. The molecular weight excluding hydrogens is 240 g/mol. The fourth-order valence-electron chi connectivity index (χ4n) is 2.18. The monoisotopic (exact) mass is 257 g/mol. The van der Waals surface area contributed by atoms with Crippen molar-refractivity contribution >= 4 is 11.6 Å². The Balaban J connectivity index is 2.18. The summed E-state index contributed by atoms with van der Waals surface area (Å²) in [4.78, 5) is 5.76. The van der Waals surface area contributed by atoms with Gasteiger partial charge in [-0.1, -0.05) is 0 Å². The third-order valence-corrected chi connectivity index (χ3v) is 3.32. The lowest BCUT2D eigenvalue weighted by molar-refractivity contribution is 0.202. The molecule has 100 valence electrons. The minimum Gasteiger partial charge on any atom is -0.396 e. The van der Waals surface area contributed by atoms with Crippen molar-refractivity contribution in [2.75, 3.05) is 37.0 Å². The Bertz CT molecular complexity index is 420. The van der Waals surface area contributed by atoms with Crippen LogP contribution in [0.1, 0.15) is 12.8 Å². The predicted octanol–water partition coefficient (Wildman–Crippen LogP) is 1.61. The van der Waals surface area contributed by atoms with Crippen LogP contribution in [0.25, 0.3) is 0 Å². The molecule has 0 aliphatic carbocycles. The van der Waals surface area contributed by atoms with Crippen LogP contribution in [0.5, 0.6) is 0 Å². The molecule has 1 saturated heterocycles. The smallest absolute Gasteiger partial charge is 0.168 e. The maximum absolute atomic E-state index is 13.7. The largest absolute Gasteiger partial charge is 0.396 e. The van der Waals surface area contributed by atoms with Gasteiger partial charge in [0, 0.05) is 32.8 Å². The number of hydrogen-bond acceptors (Lipinski definition) is 4. The number of hydrogen-bond donors (Lipinski definition) is 2. The van der Waals surface area contributed by atoms with E-state index < -0.39 is 11.6 Å². The number of nitrogens with one attached hydrogen (secondary N) is 1. The predicted molar refractivity (Wildman–Crippen MR) is 65.7 cm³/mol. The van der Waals surface area contributed by atoms with Gasteiger partial charge in [-0.2, -0.15) is 0 Å². The van der Waals surface area contributed by atoms with Crippen LogP contribution in [0.2, 0.25) is 0 Å². The molecule has 1 aromatic rings. The number of halogens is 2. The highest BCUT2D eigenvalue weighted by Crippen LogP contribution is 2.26. The summed E-state index contributed by atoms with van der Waals surface area (Å²) < 4.78 is 27.0. The number of aliphatic hydroxyl groups is 1. The summed E-state index contributed by atoms with van der Waals surface area (Å²) in [7, 11) is 1.55. The number of piperidine rings is 1. The second kappa shape index (κ2) is 5.48. The van der Waals surface area contributed by atoms with E-state index in [-0.39, 0.29) is 24.2 Å². The van der Waals surface area contributed by atoms with Gasteiger partial charge in [0.25, 0.3) is 0 Å². The standard InChI is InChI=1S/C12H17F2N3O/c1-15-11-9(13)6-10(14)12(16-11)17-4-2-8(7-18)3-5-17/h6,8,18H,2-5,7H2,1H3,(H,15,16). The first kappa shape index (κ1) is 13.0. The molecule has 1 aromatic heterocycles. The second-order valence-electron chi connectivity index (χ2n) is 4.49. The summed E-state index contributed by atoms with van der Waals surface area (Å²) in [5.74, 6) is -0.834. The molecule has 0 saturated carbocycles. The van der Waals surface area contributed by atoms with Crippen LogP contribution in [-0.4, -0.2) is 36.8 Å². The molecule has 0 amide bonds. The zero-order valence-corrected chi connectivity index (χ0v) is 10.3. The summed E-state index contributed by atoms with van der Waals surface area (Å²) in [6, 6.07) is 0.853. The van der Waals surface area contributed by atoms with Crippen LogP contribution in [-0.2, 0) is 0 Å². The lowest BCUT2D eigenvalue weighted by atomic mass is 9.98. The van der Waals surface area contributed by atoms with Gasteiger partial charge in [0.1, 0.15) is 0 Å². The number of rotatable bonds is 3. The minimum absolute atomic E-state index is 0.0516. The van der Waals surface area contributed by atoms with Crippen molar-refractivity contribution in [1.29, 1.82) is 0 Å². The lowest BCUT2D eigenvalue weighted by Crippen LogP contribution is -2.36. The number of anilines is 2. The SMILES string of the molecule is CNc1nc(N2CCC(CO)CC2)c(F)cc1F. The Morgan fingerprint density at radius 3 is 2.61 bits per heavy atom. The highest BCUT2D eigenvalue weighted by Gasteiger charge is 2.23. The Morgan fingerprint density at radius 2 is 2.06 bits per heavy atom. The van der Waals surface area contributed by atoms with Gasteiger partial charge in [0.05, 0.1) is 0 Å². The van der Waals surface area contributed by atoms with Crippen molar-refractivity contribution in [3.8, 4) is 0 Å². The van der Waals surface area contributed by atoms with Gasteiger partial charge in [-0.15, -0.1) is 0 Å². The molecule has 0 spiro atoms. The topological polar surface area (TPSA) is 48.4 Å². The van der Waals surface area contributed by atoms with E-state index in [2.05, 4.69) is 10.3 Å². The molecule has 2 rings (SSSR count). The van der Waals surface area contributed by atoms with Crippen molar-refractivity contribution in [2.24, 2.45) is 5.92 Å². The van der Waals surface area contributed by atoms with E-state index in [1.54, 1.807) is 11.9 Å². The van der Waals surface area contributed by atoms with Crippen LogP contribution >= 0.6 is 0 Å². The Labute approximate surface area is 105 Å². The average molecular weight is 257 g/mol. The molecule has 0 unspecified atom stereocenters. The highest BCUT2D eigenvalue weighted by molar-refractivity contribution is 5.49. The molecule has 4 nitrogen and oxygen atoms in total. The molecule has 2 heterocycles. The van der Waals surface area contributed by atoms with Crippen molar-refractivity contribution in [3.63, 3.8) is 0 Å². The Morgan fingerprint density at radius 1 is 1.39 bits per heavy atom. The first-order valence-corrected chi connectivity index (χ1v) is 6.05. The minimum atomic E-state index is -0.691. The number of aromatic nitrogens is 1. The molecule has 2 N–H and O–H groups in total. The van der Waals surface area contributed by atoms with Crippen LogP contribution in [0.4, 0.5) is 20.4 Å². The van der Waals surface area contributed by atoms with Crippen LogP contribution in [0, 0.1) is 17.6 Å². The first-order chi connectivity index (χ1) is 8.65. The van der Waals surface area contributed by atoms with Gasteiger partial charge in [0.15, 0.2) is 23.3 Å². The molecule has 1 aliphatic rings. The van der Waals surface area contributed by atoms with Crippen molar-refractivity contribution in [3.05, 3.63) is 17.7 Å². The zero-order valence-electron chi connectivity index (χ0n) is 10.3. The summed E-state index contributed by atoms with van der Waals surface area (Å²) in [5, 5.41) is 11.7. The molecule has 1 aliphatic heterocycles. The average Bonchev–Trinajstić information content (AvgIpc) is 2.39. The third-order valence-electron chi connectivity index (χ3n) is 3.32. The maximum Gasteiger partial charge on any atom is 0.168 e. The first-order valence-electron chi connectivity index (χ1n) is 6.05. The fourth-order valence-corrected chi connectivity index (χ4v) is 2.18. The molecule has 0 atom stereocenters. The summed E-state index contributed by atoms with van der Waals surface area (Å²) >= 11 is 0. The van der Waals surface area contributed by atoms with Gasteiger partial charge in [-0.25, -0.2) is 13.8 Å². The van der Waals surface area contributed by atoms with Gasteiger partial charge < -0.3 is 15.3 Å².